The van der Waals surface area contributed by atoms with Crippen molar-refractivity contribution in [3.63, 3.8) is 0 Å². The monoisotopic (exact) mass is 321 g/mol. The molecule has 2 aliphatic rings. The normalized spacial score (nSPS) is 20.7. The highest BCUT2D eigenvalue weighted by atomic mass is 32.1. The molecule has 1 saturated heterocycles. The fourth-order valence-corrected chi connectivity index (χ4v) is 3.76. The Morgan fingerprint density at radius 1 is 1.27 bits per heavy atom. The molecule has 1 saturated carbocycles. The third-order valence-corrected chi connectivity index (χ3v) is 5.77. The van der Waals surface area contributed by atoms with E-state index in [0.29, 0.717) is 5.91 Å². The van der Waals surface area contributed by atoms with Crippen molar-refractivity contribution in [3.05, 3.63) is 16.6 Å². The van der Waals surface area contributed by atoms with Crippen LogP contribution in [0.25, 0.3) is 0 Å². The highest BCUT2D eigenvalue weighted by Crippen LogP contribution is 2.33. The van der Waals surface area contributed by atoms with Crippen LogP contribution in [0.5, 0.6) is 0 Å². The zero-order valence-electron chi connectivity index (χ0n) is 13.2. The number of rotatable bonds is 4. The maximum absolute atomic E-state index is 12.7. The largest absolute Gasteiger partial charge is 0.342 e. The van der Waals surface area contributed by atoms with Crippen molar-refractivity contribution in [2.45, 2.75) is 38.6 Å². The van der Waals surface area contributed by atoms with Crippen LogP contribution in [0.1, 0.15) is 43.7 Å². The summed E-state index contributed by atoms with van der Waals surface area (Å²) >= 11 is 1.58. The van der Waals surface area contributed by atoms with Gasteiger partial charge in [0, 0.05) is 43.5 Å². The van der Waals surface area contributed by atoms with Gasteiger partial charge in [-0.1, -0.05) is 0 Å². The van der Waals surface area contributed by atoms with Crippen molar-refractivity contribution in [3.8, 4) is 0 Å². The fourth-order valence-electron chi connectivity index (χ4n) is 3.02. The number of thiazole rings is 1. The van der Waals surface area contributed by atoms with E-state index in [0.717, 1.165) is 43.8 Å². The van der Waals surface area contributed by atoms with E-state index in [1.807, 2.05) is 29.2 Å². The summed E-state index contributed by atoms with van der Waals surface area (Å²) in [5.41, 5.74) is 0. The quantitative estimate of drug-likeness (QED) is 0.855. The molecular formula is C16H23N3O2S. The van der Waals surface area contributed by atoms with Crippen molar-refractivity contribution in [2.24, 2.45) is 11.8 Å². The minimum absolute atomic E-state index is 0.0126. The molecule has 3 rings (SSSR count). The minimum atomic E-state index is 0.0126. The number of hydrogen-bond acceptors (Lipinski definition) is 4. The molecule has 0 radical (unpaired) electrons. The highest BCUT2D eigenvalue weighted by Gasteiger charge is 2.36. The molecule has 1 aromatic rings. The molecule has 5 nitrogen and oxygen atoms in total. The maximum Gasteiger partial charge on any atom is 0.226 e. The molecule has 0 aromatic carbocycles. The van der Waals surface area contributed by atoms with E-state index in [2.05, 4.69) is 4.98 Å². The Kier molecular flexibility index (Phi) is 4.47. The average molecular weight is 321 g/mol. The van der Waals surface area contributed by atoms with E-state index in [9.17, 15) is 9.59 Å². The lowest BCUT2D eigenvalue weighted by molar-refractivity contribution is -0.141. The predicted molar refractivity (Wildman–Crippen MR) is 85.3 cm³/mol. The van der Waals surface area contributed by atoms with E-state index in [1.54, 1.807) is 17.5 Å². The van der Waals surface area contributed by atoms with Crippen LogP contribution in [0.2, 0.25) is 0 Å². The lowest BCUT2D eigenvalue weighted by Crippen LogP contribution is -2.44. The van der Waals surface area contributed by atoms with Crippen molar-refractivity contribution in [1.29, 1.82) is 0 Å². The van der Waals surface area contributed by atoms with Gasteiger partial charge in [0.25, 0.3) is 0 Å². The van der Waals surface area contributed by atoms with E-state index < -0.39 is 0 Å². The Morgan fingerprint density at radius 3 is 2.50 bits per heavy atom. The summed E-state index contributed by atoms with van der Waals surface area (Å²) in [5.74, 6) is 0.798. The van der Waals surface area contributed by atoms with Gasteiger partial charge in [-0.05, 0) is 32.6 Å². The average Bonchev–Trinajstić information content (AvgIpc) is 3.26. The molecule has 1 aromatic heterocycles. The van der Waals surface area contributed by atoms with Crippen molar-refractivity contribution in [1.82, 2.24) is 14.8 Å². The smallest absolute Gasteiger partial charge is 0.226 e. The Balaban J connectivity index is 1.53. The van der Waals surface area contributed by atoms with E-state index in [1.165, 1.54) is 0 Å². The Labute approximate surface area is 135 Å². The molecule has 0 bridgehead atoms. The standard InChI is InChI=1S/C16H23N3O2S/c1-11(14-17-7-10-22-14)18(2)15(20)13-5-8-19(9-6-13)16(21)12-3-4-12/h7,10-13H,3-6,8-9H2,1-2H3/t11-/m0/s1. The highest BCUT2D eigenvalue weighted by molar-refractivity contribution is 7.09. The minimum Gasteiger partial charge on any atom is -0.342 e. The predicted octanol–water partition coefficient (Wildman–Crippen LogP) is 2.31. The molecule has 0 spiro atoms. The summed E-state index contributed by atoms with van der Waals surface area (Å²) in [6, 6.07) is 0.0126. The first-order chi connectivity index (χ1) is 10.6. The third-order valence-electron chi connectivity index (χ3n) is 4.82. The van der Waals surface area contributed by atoms with Crippen molar-refractivity contribution < 1.29 is 9.59 Å². The van der Waals surface area contributed by atoms with Crippen molar-refractivity contribution in [2.75, 3.05) is 20.1 Å². The molecule has 120 valence electrons. The molecule has 1 atom stereocenters. The number of carbonyl (C=O) groups is 2. The van der Waals surface area contributed by atoms with Crippen LogP contribution in [0.4, 0.5) is 0 Å². The van der Waals surface area contributed by atoms with Crippen LogP contribution in [0.3, 0.4) is 0 Å². The first-order valence-corrected chi connectivity index (χ1v) is 8.90. The summed E-state index contributed by atoms with van der Waals surface area (Å²) in [4.78, 5) is 32.8. The third kappa shape index (κ3) is 3.16. The Hall–Kier alpha value is -1.43. The van der Waals surface area contributed by atoms with E-state index in [4.69, 9.17) is 0 Å². The molecule has 1 aliphatic heterocycles. The number of likely N-dealkylation sites (tertiary alicyclic amines) is 1. The zero-order chi connectivity index (χ0) is 15.7. The van der Waals surface area contributed by atoms with Gasteiger partial charge in [-0.15, -0.1) is 11.3 Å². The number of carbonyl (C=O) groups excluding carboxylic acids is 2. The SMILES string of the molecule is C[C@@H](c1nccs1)N(C)C(=O)C1CCN(C(=O)C2CC2)CC1. The molecule has 1 aliphatic carbocycles. The van der Waals surface area contributed by atoms with Crippen LogP contribution < -0.4 is 0 Å². The second kappa shape index (κ2) is 6.36. The van der Waals surface area contributed by atoms with Gasteiger partial charge in [-0.2, -0.15) is 0 Å². The van der Waals surface area contributed by atoms with Crippen LogP contribution in [0, 0.1) is 11.8 Å². The van der Waals surface area contributed by atoms with Gasteiger partial charge >= 0.3 is 0 Å². The van der Waals surface area contributed by atoms with Gasteiger partial charge in [0.2, 0.25) is 11.8 Å². The topological polar surface area (TPSA) is 53.5 Å². The number of aromatic nitrogens is 1. The summed E-state index contributed by atoms with van der Waals surface area (Å²) in [6.45, 7) is 3.47. The molecule has 6 heteroatoms. The molecule has 0 unspecified atom stereocenters. The Bertz CT molecular complexity index is 534. The maximum atomic E-state index is 12.7. The van der Waals surface area contributed by atoms with Gasteiger partial charge in [0.15, 0.2) is 0 Å². The van der Waals surface area contributed by atoms with Gasteiger partial charge in [-0.25, -0.2) is 4.98 Å². The first-order valence-electron chi connectivity index (χ1n) is 8.02. The van der Waals surface area contributed by atoms with Gasteiger partial charge in [0.1, 0.15) is 5.01 Å². The van der Waals surface area contributed by atoms with Gasteiger partial charge in [-0.3, -0.25) is 9.59 Å². The number of hydrogen-bond donors (Lipinski definition) is 0. The fraction of sp³-hybridized carbons (Fsp3) is 0.688. The molecular weight excluding hydrogens is 298 g/mol. The lowest BCUT2D eigenvalue weighted by atomic mass is 9.94. The summed E-state index contributed by atoms with van der Waals surface area (Å²) in [6.07, 6.45) is 5.44. The molecule has 2 amide bonds. The van der Waals surface area contributed by atoms with Crippen LogP contribution in [-0.4, -0.2) is 46.7 Å². The van der Waals surface area contributed by atoms with Gasteiger partial charge < -0.3 is 9.80 Å². The molecule has 2 fully saturated rings. The molecule has 2 heterocycles. The second-order valence-electron chi connectivity index (χ2n) is 6.37. The number of piperidine rings is 1. The lowest BCUT2D eigenvalue weighted by Gasteiger charge is -2.34. The van der Waals surface area contributed by atoms with Gasteiger partial charge in [0.05, 0.1) is 6.04 Å². The second-order valence-corrected chi connectivity index (χ2v) is 7.30. The van der Waals surface area contributed by atoms with Crippen molar-refractivity contribution >= 4 is 23.2 Å². The van der Waals surface area contributed by atoms with Crippen LogP contribution in [-0.2, 0) is 9.59 Å². The molecule has 22 heavy (non-hydrogen) atoms. The number of amides is 2. The zero-order valence-corrected chi connectivity index (χ0v) is 14.0. The van der Waals surface area contributed by atoms with Crippen LogP contribution >= 0.6 is 11.3 Å². The summed E-state index contributed by atoms with van der Waals surface area (Å²) < 4.78 is 0. The van der Waals surface area contributed by atoms with Crippen LogP contribution in [0.15, 0.2) is 11.6 Å². The first kappa shape index (κ1) is 15.5. The Morgan fingerprint density at radius 2 is 1.95 bits per heavy atom. The summed E-state index contributed by atoms with van der Waals surface area (Å²) in [7, 11) is 1.86. The summed E-state index contributed by atoms with van der Waals surface area (Å²) in [5, 5.41) is 2.91. The molecule has 0 N–H and O–H groups in total. The van der Waals surface area contributed by atoms with E-state index >= 15 is 0 Å². The number of nitrogens with zero attached hydrogens (tertiary/aromatic N) is 3. The van der Waals surface area contributed by atoms with E-state index in [-0.39, 0.29) is 23.8 Å².